The van der Waals surface area contributed by atoms with Crippen molar-refractivity contribution in [3.63, 3.8) is 0 Å². The van der Waals surface area contributed by atoms with Crippen LogP contribution >= 0.6 is 0 Å². The molecule has 1 amide bonds. The summed E-state index contributed by atoms with van der Waals surface area (Å²) >= 11 is 0. The first-order chi connectivity index (χ1) is 11.1. The Morgan fingerprint density at radius 1 is 1.39 bits per heavy atom. The minimum atomic E-state index is -0.272. The summed E-state index contributed by atoms with van der Waals surface area (Å²) in [5.41, 5.74) is 0.109. The van der Waals surface area contributed by atoms with Gasteiger partial charge in [0.05, 0.1) is 17.5 Å². The molecule has 1 atom stereocenters. The van der Waals surface area contributed by atoms with Crippen LogP contribution in [0.3, 0.4) is 0 Å². The summed E-state index contributed by atoms with van der Waals surface area (Å²) in [6, 6.07) is 6.98. The number of fused-ring (bicyclic) bond motifs is 1. The fraction of sp³-hybridized carbons (Fsp3) is 0.471. The van der Waals surface area contributed by atoms with Gasteiger partial charge in [0.15, 0.2) is 5.69 Å². The molecule has 1 N–H and O–H groups in total. The number of amides is 1. The zero-order chi connectivity index (χ0) is 16.4. The normalized spacial score (nSPS) is 17.8. The number of aromatic nitrogens is 2. The van der Waals surface area contributed by atoms with Crippen molar-refractivity contribution in [1.82, 2.24) is 15.1 Å². The SMILES string of the molecule is CC(C)n1nc(C(=O)NCC2CCCO2)c2ccccc2c1=O. The molecule has 1 aromatic heterocycles. The Balaban J connectivity index is 1.96. The fourth-order valence-electron chi connectivity index (χ4n) is 2.82. The predicted octanol–water partition coefficient (Wildman–Crippen LogP) is 1.89. The van der Waals surface area contributed by atoms with E-state index in [1.54, 1.807) is 24.3 Å². The van der Waals surface area contributed by atoms with Crippen LogP contribution < -0.4 is 10.9 Å². The Kier molecular flexibility index (Phi) is 4.43. The maximum atomic E-state index is 12.6. The molecular weight excluding hydrogens is 294 g/mol. The first-order valence-corrected chi connectivity index (χ1v) is 7.99. The number of hydrogen-bond donors (Lipinski definition) is 1. The highest BCUT2D eigenvalue weighted by molar-refractivity contribution is 6.04. The minimum Gasteiger partial charge on any atom is -0.376 e. The van der Waals surface area contributed by atoms with Gasteiger partial charge in [-0.25, -0.2) is 4.68 Å². The van der Waals surface area contributed by atoms with Crippen LogP contribution in [0.2, 0.25) is 0 Å². The van der Waals surface area contributed by atoms with E-state index in [-0.39, 0.29) is 29.3 Å². The Bertz CT molecular complexity index is 776. The van der Waals surface area contributed by atoms with E-state index in [9.17, 15) is 9.59 Å². The summed E-state index contributed by atoms with van der Waals surface area (Å²) < 4.78 is 6.88. The van der Waals surface area contributed by atoms with Gasteiger partial charge in [0, 0.05) is 18.5 Å². The summed E-state index contributed by atoms with van der Waals surface area (Å²) in [7, 11) is 0. The molecule has 3 rings (SSSR count). The number of rotatable bonds is 4. The first-order valence-electron chi connectivity index (χ1n) is 7.99. The fourth-order valence-corrected chi connectivity index (χ4v) is 2.82. The lowest BCUT2D eigenvalue weighted by molar-refractivity contribution is 0.0853. The number of nitrogens with one attached hydrogen (secondary N) is 1. The zero-order valence-corrected chi connectivity index (χ0v) is 13.4. The zero-order valence-electron chi connectivity index (χ0n) is 13.4. The van der Waals surface area contributed by atoms with Crippen molar-refractivity contribution in [2.45, 2.75) is 38.8 Å². The maximum Gasteiger partial charge on any atom is 0.274 e. The van der Waals surface area contributed by atoms with E-state index >= 15 is 0 Å². The van der Waals surface area contributed by atoms with Crippen molar-refractivity contribution < 1.29 is 9.53 Å². The van der Waals surface area contributed by atoms with Gasteiger partial charge in [-0.3, -0.25) is 9.59 Å². The molecule has 0 saturated carbocycles. The summed E-state index contributed by atoms with van der Waals surface area (Å²) in [5, 5.41) is 8.27. The minimum absolute atomic E-state index is 0.0706. The number of carbonyl (C=O) groups excluding carboxylic acids is 1. The molecule has 0 radical (unpaired) electrons. The van der Waals surface area contributed by atoms with E-state index in [0.717, 1.165) is 19.4 Å². The lowest BCUT2D eigenvalue weighted by atomic mass is 10.1. The van der Waals surface area contributed by atoms with Gasteiger partial charge in [-0.05, 0) is 32.8 Å². The highest BCUT2D eigenvalue weighted by Gasteiger charge is 2.20. The molecule has 0 spiro atoms. The number of hydrogen-bond acceptors (Lipinski definition) is 4. The molecule has 23 heavy (non-hydrogen) atoms. The number of carbonyl (C=O) groups is 1. The third-order valence-electron chi connectivity index (χ3n) is 4.05. The second-order valence-electron chi connectivity index (χ2n) is 6.08. The van der Waals surface area contributed by atoms with Crippen LogP contribution in [0.1, 0.15) is 43.2 Å². The molecule has 1 aliphatic heterocycles. The molecule has 1 unspecified atom stereocenters. The summed E-state index contributed by atoms with van der Waals surface area (Å²) in [5.74, 6) is -0.272. The van der Waals surface area contributed by atoms with E-state index in [1.807, 2.05) is 13.8 Å². The predicted molar refractivity (Wildman–Crippen MR) is 87.7 cm³/mol. The van der Waals surface area contributed by atoms with E-state index < -0.39 is 0 Å². The molecular formula is C17H21N3O3. The lowest BCUT2D eigenvalue weighted by Crippen LogP contribution is -2.35. The second-order valence-corrected chi connectivity index (χ2v) is 6.08. The van der Waals surface area contributed by atoms with E-state index in [1.165, 1.54) is 4.68 Å². The van der Waals surface area contributed by atoms with E-state index in [4.69, 9.17) is 4.74 Å². The maximum absolute atomic E-state index is 12.6. The van der Waals surface area contributed by atoms with Crippen molar-refractivity contribution in [3.05, 3.63) is 40.3 Å². The third kappa shape index (κ3) is 3.12. The number of ether oxygens (including phenoxy) is 1. The molecule has 1 fully saturated rings. The average molecular weight is 315 g/mol. The summed E-state index contributed by atoms with van der Waals surface area (Å²) in [6.45, 7) is 4.96. The molecule has 6 heteroatoms. The Hall–Kier alpha value is -2.21. The molecule has 0 bridgehead atoms. The Morgan fingerprint density at radius 2 is 2.13 bits per heavy atom. The summed E-state index contributed by atoms with van der Waals surface area (Å²) in [4.78, 5) is 25.0. The van der Waals surface area contributed by atoms with Crippen LogP contribution in [0, 0.1) is 0 Å². The molecule has 2 aromatic rings. The van der Waals surface area contributed by atoms with Crippen LogP contribution in [-0.2, 0) is 4.74 Å². The van der Waals surface area contributed by atoms with Crippen LogP contribution in [0.15, 0.2) is 29.1 Å². The molecule has 6 nitrogen and oxygen atoms in total. The monoisotopic (exact) mass is 315 g/mol. The summed E-state index contributed by atoms with van der Waals surface area (Å²) in [6.07, 6.45) is 2.06. The van der Waals surface area contributed by atoms with Gasteiger partial charge >= 0.3 is 0 Å². The van der Waals surface area contributed by atoms with Crippen molar-refractivity contribution in [1.29, 1.82) is 0 Å². The van der Waals surface area contributed by atoms with Crippen LogP contribution in [-0.4, -0.2) is 34.9 Å². The number of benzene rings is 1. The molecule has 0 aliphatic carbocycles. The quantitative estimate of drug-likeness (QED) is 0.935. The van der Waals surface area contributed by atoms with Gasteiger partial charge < -0.3 is 10.1 Å². The van der Waals surface area contributed by atoms with Crippen molar-refractivity contribution in [2.75, 3.05) is 13.2 Å². The molecule has 1 aliphatic rings. The molecule has 122 valence electrons. The average Bonchev–Trinajstić information content (AvgIpc) is 3.06. The van der Waals surface area contributed by atoms with Gasteiger partial charge in [0.1, 0.15) is 0 Å². The van der Waals surface area contributed by atoms with Crippen molar-refractivity contribution in [2.24, 2.45) is 0 Å². The topological polar surface area (TPSA) is 73.2 Å². The van der Waals surface area contributed by atoms with Gasteiger partial charge in [-0.15, -0.1) is 0 Å². The van der Waals surface area contributed by atoms with Crippen molar-refractivity contribution >= 4 is 16.7 Å². The third-order valence-corrected chi connectivity index (χ3v) is 4.05. The van der Waals surface area contributed by atoms with Gasteiger partial charge in [0.2, 0.25) is 0 Å². The van der Waals surface area contributed by atoms with Gasteiger partial charge in [-0.1, -0.05) is 18.2 Å². The van der Waals surface area contributed by atoms with Crippen LogP contribution in [0.4, 0.5) is 0 Å². The lowest BCUT2D eigenvalue weighted by Gasteiger charge is -2.14. The van der Waals surface area contributed by atoms with Gasteiger partial charge in [0.25, 0.3) is 11.5 Å². The first kappa shape index (κ1) is 15.7. The largest absolute Gasteiger partial charge is 0.376 e. The Morgan fingerprint density at radius 3 is 2.78 bits per heavy atom. The van der Waals surface area contributed by atoms with Crippen molar-refractivity contribution in [3.8, 4) is 0 Å². The molecule has 1 saturated heterocycles. The highest BCUT2D eigenvalue weighted by atomic mass is 16.5. The second kappa shape index (κ2) is 6.50. The van der Waals surface area contributed by atoms with Gasteiger partial charge in [-0.2, -0.15) is 5.10 Å². The van der Waals surface area contributed by atoms with Crippen LogP contribution in [0.25, 0.3) is 10.8 Å². The molecule has 1 aromatic carbocycles. The number of nitrogens with zero attached hydrogens (tertiary/aromatic N) is 2. The van der Waals surface area contributed by atoms with E-state index in [0.29, 0.717) is 17.3 Å². The van der Waals surface area contributed by atoms with E-state index in [2.05, 4.69) is 10.4 Å². The standard InChI is InChI=1S/C17H21N3O3/c1-11(2)20-17(22)14-8-4-3-7-13(14)15(19-20)16(21)18-10-12-6-5-9-23-12/h3-4,7-8,11-12H,5-6,9-10H2,1-2H3,(H,18,21). The highest BCUT2D eigenvalue weighted by Crippen LogP contribution is 2.15. The van der Waals surface area contributed by atoms with Crippen LogP contribution in [0.5, 0.6) is 0 Å². The Labute approximate surface area is 134 Å². The smallest absolute Gasteiger partial charge is 0.274 e. The molecule has 2 heterocycles.